The summed E-state index contributed by atoms with van der Waals surface area (Å²) in [6.07, 6.45) is -0.465. The van der Waals surface area contributed by atoms with E-state index in [9.17, 15) is 8.78 Å². The van der Waals surface area contributed by atoms with Gasteiger partial charge in [0.05, 0.1) is 13.2 Å². The number of hydrogen-bond donors (Lipinski definition) is 0. The summed E-state index contributed by atoms with van der Waals surface area (Å²) in [6.45, 7) is 1.99. The number of hydrogen-bond acceptors (Lipinski definition) is 3. The first-order valence-electron chi connectivity index (χ1n) is 6.60. The van der Waals surface area contributed by atoms with Gasteiger partial charge in [-0.2, -0.15) is 0 Å². The lowest BCUT2D eigenvalue weighted by Gasteiger charge is -2.33. The summed E-state index contributed by atoms with van der Waals surface area (Å²) in [7, 11) is 0. The number of piperidine rings is 1. The molecule has 2 aliphatic rings. The van der Waals surface area contributed by atoms with Gasteiger partial charge in [-0.1, -0.05) is 12.1 Å². The van der Waals surface area contributed by atoms with Crippen LogP contribution in [0.3, 0.4) is 0 Å². The van der Waals surface area contributed by atoms with Crippen molar-refractivity contribution in [3.63, 3.8) is 0 Å². The predicted octanol–water partition coefficient (Wildman–Crippen LogP) is 2.97. The number of rotatable bonds is 2. The van der Waals surface area contributed by atoms with Crippen LogP contribution in [0.25, 0.3) is 0 Å². The summed E-state index contributed by atoms with van der Waals surface area (Å²) in [5, 5.41) is 0. The van der Waals surface area contributed by atoms with Crippen molar-refractivity contribution in [3.05, 3.63) is 29.8 Å². The first-order valence-corrected chi connectivity index (χ1v) is 6.60. The molecule has 0 radical (unpaired) electrons. The molecule has 5 heteroatoms. The fraction of sp³-hybridized carbons (Fsp3) is 0.571. The molecule has 2 heterocycles. The van der Waals surface area contributed by atoms with E-state index in [2.05, 4.69) is 0 Å². The van der Waals surface area contributed by atoms with E-state index in [1.807, 2.05) is 29.2 Å². The number of anilines is 1. The number of alkyl halides is 2. The predicted molar refractivity (Wildman–Crippen MR) is 67.5 cm³/mol. The van der Waals surface area contributed by atoms with Crippen LogP contribution in [0.4, 0.5) is 14.5 Å². The Morgan fingerprint density at radius 1 is 1.11 bits per heavy atom. The van der Waals surface area contributed by atoms with Crippen LogP contribution in [0.5, 0.6) is 0 Å². The van der Waals surface area contributed by atoms with Crippen LogP contribution in [-0.4, -0.2) is 32.2 Å². The summed E-state index contributed by atoms with van der Waals surface area (Å²) in [6, 6.07) is 7.78. The van der Waals surface area contributed by atoms with Crippen LogP contribution < -0.4 is 4.90 Å². The Hall–Kier alpha value is -1.20. The first kappa shape index (κ1) is 12.8. The van der Waals surface area contributed by atoms with E-state index in [4.69, 9.17) is 9.47 Å². The topological polar surface area (TPSA) is 21.7 Å². The molecule has 2 aliphatic heterocycles. The highest BCUT2D eigenvalue weighted by atomic mass is 19.3. The van der Waals surface area contributed by atoms with E-state index in [-0.39, 0.29) is 19.1 Å². The van der Waals surface area contributed by atoms with Crippen molar-refractivity contribution in [1.29, 1.82) is 0 Å². The van der Waals surface area contributed by atoms with Crippen molar-refractivity contribution in [2.45, 2.75) is 25.1 Å². The Morgan fingerprint density at radius 2 is 1.79 bits per heavy atom. The maximum Gasteiger partial charge on any atom is 0.251 e. The summed E-state index contributed by atoms with van der Waals surface area (Å²) < 4.78 is 37.2. The Kier molecular flexibility index (Phi) is 3.41. The third-order valence-electron chi connectivity index (χ3n) is 3.62. The summed E-state index contributed by atoms with van der Waals surface area (Å²) in [5.74, 6) is -2.51. The summed E-state index contributed by atoms with van der Waals surface area (Å²) in [5.41, 5.74) is 1.92. The monoisotopic (exact) mass is 269 g/mol. The van der Waals surface area contributed by atoms with Gasteiger partial charge < -0.3 is 14.4 Å². The maximum absolute atomic E-state index is 13.2. The van der Waals surface area contributed by atoms with E-state index in [0.717, 1.165) is 11.3 Å². The van der Waals surface area contributed by atoms with E-state index in [1.54, 1.807) is 0 Å². The highest BCUT2D eigenvalue weighted by molar-refractivity contribution is 5.49. The third kappa shape index (κ3) is 2.87. The van der Waals surface area contributed by atoms with Gasteiger partial charge in [0.1, 0.15) is 0 Å². The Balaban J connectivity index is 1.72. The van der Waals surface area contributed by atoms with Crippen LogP contribution in [0.1, 0.15) is 24.7 Å². The molecule has 3 rings (SSSR count). The fourth-order valence-corrected chi connectivity index (χ4v) is 2.51. The molecule has 0 unspecified atom stereocenters. The molecule has 0 aromatic heterocycles. The van der Waals surface area contributed by atoms with Crippen LogP contribution in [-0.2, 0) is 9.47 Å². The number of nitrogens with zero attached hydrogens (tertiary/aromatic N) is 1. The van der Waals surface area contributed by atoms with Gasteiger partial charge in [-0.15, -0.1) is 0 Å². The molecular weight excluding hydrogens is 252 g/mol. The highest BCUT2D eigenvalue weighted by Crippen LogP contribution is 2.32. The molecule has 0 aliphatic carbocycles. The van der Waals surface area contributed by atoms with Gasteiger partial charge in [-0.05, 0) is 12.1 Å². The van der Waals surface area contributed by atoms with Crippen LogP contribution in [0, 0.1) is 0 Å². The molecule has 1 aromatic carbocycles. The lowest BCUT2D eigenvalue weighted by atomic mass is 10.1. The second-order valence-corrected chi connectivity index (χ2v) is 5.01. The van der Waals surface area contributed by atoms with Gasteiger partial charge in [0.15, 0.2) is 6.29 Å². The molecule has 3 nitrogen and oxygen atoms in total. The number of ether oxygens (including phenoxy) is 2. The average Bonchev–Trinajstić information content (AvgIpc) is 2.93. The van der Waals surface area contributed by atoms with Gasteiger partial charge in [-0.25, -0.2) is 8.78 Å². The summed E-state index contributed by atoms with van der Waals surface area (Å²) >= 11 is 0. The van der Waals surface area contributed by atoms with Gasteiger partial charge >= 0.3 is 0 Å². The van der Waals surface area contributed by atoms with E-state index < -0.39 is 5.92 Å². The van der Waals surface area contributed by atoms with Gasteiger partial charge in [0.2, 0.25) is 0 Å². The van der Waals surface area contributed by atoms with Crippen LogP contribution >= 0.6 is 0 Å². The number of benzene rings is 1. The zero-order chi connectivity index (χ0) is 13.3. The first-order chi connectivity index (χ1) is 9.14. The molecule has 0 spiro atoms. The Bertz CT molecular complexity index is 437. The molecule has 104 valence electrons. The zero-order valence-corrected chi connectivity index (χ0v) is 10.6. The number of halogens is 2. The molecule has 19 heavy (non-hydrogen) atoms. The normalized spacial score (nSPS) is 23.8. The Labute approximate surface area is 111 Å². The van der Waals surface area contributed by atoms with Gasteiger partial charge in [0.25, 0.3) is 5.92 Å². The standard InChI is InChI=1S/C14H17F2NO2/c15-14(16)4-6-17(7-5-14)12-3-1-2-11(10-12)13-18-8-9-19-13/h1-3,10,13H,4-9H2. The average molecular weight is 269 g/mol. The molecule has 0 N–H and O–H groups in total. The third-order valence-corrected chi connectivity index (χ3v) is 3.62. The molecular formula is C14H17F2NO2. The second-order valence-electron chi connectivity index (χ2n) is 5.01. The van der Waals surface area contributed by atoms with Crippen molar-refractivity contribution in [2.75, 3.05) is 31.2 Å². The summed E-state index contributed by atoms with van der Waals surface area (Å²) in [4.78, 5) is 2.00. The Morgan fingerprint density at radius 3 is 2.47 bits per heavy atom. The quantitative estimate of drug-likeness (QED) is 0.824. The maximum atomic E-state index is 13.2. The lowest BCUT2D eigenvalue weighted by Crippen LogP contribution is -2.39. The van der Waals surface area contributed by atoms with Crippen LogP contribution in [0.2, 0.25) is 0 Å². The second kappa shape index (κ2) is 5.06. The van der Waals surface area contributed by atoms with Crippen molar-refractivity contribution < 1.29 is 18.3 Å². The molecule has 0 bridgehead atoms. The van der Waals surface area contributed by atoms with E-state index in [1.165, 1.54) is 0 Å². The molecule has 0 saturated carbocycles. The minimum absolute atomic E-state index is 0.0757. The SMILES string of the molecule is FC1(F)CCN(c2cccc(C3OCCO3)c2)CC1. The lowest BCUT2D eigenvalue weighted by molar-refractivity contribution is -0.0441. The van der Waals surface area contributed by atoms with Crippen molar-refractivity contribution >= 4 is 5.69 Å². The molecule has 2 saturated heterocycles. The van der Waals surface area contributed by atoms with Crippen molar-refractivity contribution in [1.82, 2.24) is 0 Å². The van der Waals surface area contributed by atoms with Crippen LogP contribution in [0.15, 0.2) is 24.3 Å². The van der Waals surface area contributed by atoms with E-state index in [0.29, 0.717) is 26.3 Å². The van der Waals surface area contributed by atoms with E-state index >= 15 is 0 Å². The molecule has 0 atom stereocenters. The minimum Gasteiger partial charge on any atom is -0.371 e. The zero-order valence-electron chi connectivity index (χ0n) is 10.6. The fourth-order valence-electron chi connectivity index (χ4n) is 2.51. The largest absolute Gasteiger partial charge is 0.371 e. The molecule has 2 fully saturated rings. The van der Waals surface area contributed by atoms with Crippen molar-refractivity contribution in [3.8, 4) is 0 Å². The van der Waals surface area contributed by atoms with Crippen molar-refractivity contribution in [2.24, 2.45) is 0 Å². The molecule has 0 amide bonds. The highest BCUT2D eigenvalue weighted by Gasteiger charge is 2.34. The van der Waals surface area contributed by atoms with Gasteiger partial charge in [0, 0.05) is 37.2 Å². The molecule has 1 aromatic rings. The minimum atomic E-state index is -2.51. The van der Waals surface area contributed by atoms with Gasteiger partial charge in [-0.3, -0.25) is 0 Å². The smallest absolute Gasteiger partial charge is 0.251 e.